The third kappa shape index (κ3) is 11.2. The van der Waals surface area contributed by atoms with Gasteiger partial charge in [-0.05, 0) is 70.7 Å². The molecule has 2 amide bonds. The lowest BCUT2D eigenvalue weighted by Crippen LogP contribution is -2.60. The van der Waals surface area contributed by atoms with Crippen molar-refractivity contribution in [3.05, 3.63) is 65.7 Å². The van der Waals surface area contributed by atoms with Gasteiger partial charge in [-0.15, -0.1) is 0 Å². The van der Waals surface area contributed by atoms with Gasteiger partial charge in [-0.25, -0.2) is 9.59 Å². The van der Waals surface area contributed by atoms with E-state index in [0.29, 0.717) is 12.0 Å². The smallest absolute Gasteiger partial charge is 0.408 e. The molecule has 0 fully saturated rings. The first-order valence-corrected chi connectivity index (χ1v) is 13.6. The highest BCUT2D eigenvalue weighted by atomic mass is 16.6. The van der Waals surface area contributed by atoms with Crippen molar-refractivity contribution in [1.82, 2.24) is 15.5 Å². The Morgan fingerprint density at radius 1 is 0.878 bits per heavy atom. The fraction of sp³-hybridized carbons (Fsp3) is 0.533. The molecule has 7 N–H and O–H groups in total. The van der Waals surface area contributed by atoms with Crippen molar-refractivity contribution in [2.75, 3.05) is 19.7 Å². The molecule has 0 aliphatic heterocycles. The Kier molecular flexibility index (Phi) is 12.4. The maximum Gasteiger partial charge on any atom is 0.408 e. The molecule has 0 unspecified atom stereocenters. The Labute approximate surface area is 241 Å². The summed E-state index contributed by atoms with van der Waals surface area (Å²) >= 11 is 0. The standard InChI is InChI=1S/C30H45N3O8/c1-29(2,3)41-27(38)32-23(15-20-9-7-6-8-10-20)25(36)17-31-18-26(37)24(16-21-11-13-22(35)14-12-21)33(28(39)40)30(4,5)19-34/h6-14,23-26,31,34-37H,15-19H2,1-5H3,(H,32,38)(H,39,40)/t23-,24-,25+,26+/m0/s1. The van der Waals surface area contributed by atoms with Crippen LogP contribution in [0.1, 0.15) is 45.7 Å². The van der Waals surface area contributed by atoms with Crippen LogP contribution in [0.25, 0.3) is 0 Å². The van der Waals surface area contributed by atoms with Crippen LogP contribution in [0.4, 0.5) is 9.59 Å². The average molecular weight is 576 g/mol. The summed E-state index contributed by atoms with van der Waals surface area (Å²) in [7, 11) is 0. The molecular weight excluding hydrogens is 530 g/mol. The van der Waals surface area contributed by atoms with Crippen molar-refractivity contribution in [2.45, 2.75) is 82.9 Å². The van der Waals surface area contributed by atoms with E-state index in [9.17, 15) is 35.1 Å². The predicted octanol–water partition coefficient (Wildman–Crippen LogP) is 2.50. The number of rotatable bonds is 14. The number of phenolic OH excluding ortho intramolecular Hbond substituents is 1. The zero-order valence-corrected chi connectivity index (χ0v) is 24.4. The molecule has 2 aromatic carbocycles. The quantitative estimate of drug-likeness (QED) is 0.179. The molecule has 0 aromatic heterocycles. The monoisotopic (exact) mass is 575 g/mol. The van der Waals surface area contributed by atoms with Crippen LogP contribution in [-0.2, 0) is 17.6 Å². The molecule has 2 aromatic rings. The molecule has 2 rings (SSSR count). The molecule has 0 radical (unpaired) electrons. The van der Waals surface area contributed by atoms with Gasteiger partial charge in [-0.2, -0.15) is 0 Å². The Morgan fingerprint density at radius 2 is 1.44 bits per heavy atom. The second-order valence-electron chi connectivity index (χ2n) is 11.8. The van der Waals surface area contributed by atoms with E-state index in [-0.39, 0.29) is 25.3 Å². The fourth-order valence-electron chi connectivity index (χ4n) is 4.47. The summed E-state index contributed by atoms with van der Waals surface area (Å²) in [6.07, 6.45) is -3.85. The van der Waals surface area contributed by atoms with Gasteiger partial charge in [0.15, 0.2) is 0 Å². The zero-order valence-electron chi connectivity index (χ0n) is 24.4. The summed E-state index contributed by atoms with van der Waals surface area (Å²) < 4.78 is 5.37. The predicted molar refractivity (Wildman–Crippen MR) is 155 cm³/mol. The first-order valence-electron chi connectivity index (χ1n) is 13.6. The number of ether oxygens (including phenoxy) is 1. The van der Waals surface area contributed by atoms with Gasteiger partial charge < -0.3 is 40.9 Å². The number of amides is 2. The number of aliphatic hydroxyl groups is 3. The Morgan fingerprint density at radius 3 is 1.98 bits per heavy atom. The SMILES string of the molecule is CC(C)(C)OC(=O)N[C@@H](Cc1ccccc1)[C@H](O)CNC[C@@H](O)[C@H](Cc1ccc(O)cc1)N(C(=O)O)C(C)(C)CO. The van der Waals surface area contributed by atoms with Crippen LogP contribution >= 0.6 is 0 Å². The second-order valence-corrected chi connectivity index (χ2v) is 11.8. The van der Waals surface area contributed by atoms with Crippen molar-refractivity contribution >= 4 is 12.2 Å². The maximum atomic E-state index is 12.5. The van der Waals surface area contributed by atoms with Crippen molar-refractivity contribution in [2.24, 2.45) is 0 Å². The molecular formula is C30H45N3O8. The molecule has 11 heteroatoms. The van der Waals surface area contributed by atoms with Gasteiger partial charge in [-0.1, -0.05) is 42.5 Å². The molecule has 0 heterocycles. The summed E-state index contributed by atoms with van der Waals surface area (Å²) in [6.45, 7) is 7.77. The summed E-state index contributed by atoms with van der Waals surface area (Å²) in [5.74, 6) is 0.0531. The molecule has 0 aliphatic rings. The number of phenols is 1. The first-order chi connectivity index (χ1) is 19.1. The van der Waals surface area contributed by atoms with E-state index >= 15 is 0 Å². The van der Waals surface area contributed by atoms with Crippen molar-refractivity contribution < 1.29 is 39.9 Å². The van der Waals surface area contributed by atoms with Gasteiger partial charge in [0.2, 0.25) is 0 Å². The number of carboxylic acid groups (broad SMARTS) is 1. The van der Waals surface area contributed by atoms with E-state index < -0.39 is 54.2 Å². The van der Waals surface area contributed by atoms with E-state index in [2.05, 4.69) is 10.6 Å². The number of carbonyl (C=O) groups excluding carboxylic acids is 1. The Balaban J connectivity index is 2.17. The van der Waals surface area contributed by atoms with Gasteiger partial charge in [-0.3, -0.25) is 4.90 Å². The molecule has 0 bridgehead atoms. The number of benzene rings is 2. The van der Waals surface area contributed by atoms with E-state index in [4.69, 9.17) is 4.74 Å². The van der Waals surface area contributed by atoms with E-state index in [1.165, 1.54) is 12.1 Å². The lowest BCUT2D eigenvalue weighted by Gasteiger charge is -2.43. The topological polar surface area (TPSA) is 172 Å². The van der Waals surface area contributed by atoms with Crippen LogP contribution in [0.2, 0.25) is 0 Å². The van der Waals surface area contributed by atoms with Gasteiger partial charge in [0.05, 0.1) is 36.4 Å². The number of hydrogen-bond donors (Lipinski definition) is 7. The Hall–Kier alpha value is -3.38. The number of aromatic hydroxyl groups is 1. The minimum atomic E-state index is -1.31. The van der Waals surface area contributed by atoms with Crippen molar-refractivity contribution in [3.8, 4) is 5.75 Å². The highest BCUT2D eigenvalue weighted by Gasteiger charge is 2.39. The number of nitrogens with zero attached hydrogens (tertiary/aromatic N) is 1. The number of hydrogen-bond acceptors (Lipinski definition) is 8. The minimum Gasteiger partial charge on any atom is -0.508 e. The Bertz CT molecular complexity index is 1090. The van der Waals surface area contributed by atoms with Crippen LogP contribution in [0.15, 0.2) is 54.6 Å². The largest absolute Gasteiger partial charge is 0.508 e. The van der Waals surface area contributed by atoms with Crippen LogP contribution in [0.3, 0.4) is 0 Å². The molecule has 11 nitrogen and oxygen atoms in total. The van der Waals surface area contributed by atoms with Crippen LogP contribution in [-0.4, -0.2) is 97.7 Å². The summed E-state index contributed by atoms with van der Waals surface area (Å²) in [4.78, 5) is 25.8. The first kappa shape index (κ1) is 33.8. The fourth-order valence-corrected chi connectivity index (χ4v) is 4.47. The van der Waals surface area contributed by atoms with Crippen molar-refractivity contribution in [3.63, 3.8) is 0 Å². The second kappa shape index (κ2) is 15.0. The van der Waals surface area contributed by atoms with Crippen LogP contribution in [0.5, 0.6) is 5.75 Å². The summed E-state index contributed by atoms with van der Waals surface area (Å²) in [5.41, 5.74) is -0.354. The highest BCUT2D eigenvalue weighted by Crippen LogP contribution is 2.24. The normalized spacial score (nSPS) is 14.9. The van der Waals surface area contributed by atoms with E-state index in [1.807, 2.05) is 30.3 Å². The number of nitrogens with one attached hydrogen (secondary N) is 2. The van der Waals surface area contributed by atoms with Gasteiger partial charge in [0.25, 0.3) is 0 Å². The van der Waals surface area contributed by atoms with Crippen molar-refractivity contribution in [1.29, 1.82) is 0 Å². The zero-order chi connectivity index (χ0) is 30.8. The lowest BCUT2D eigenvalue weighted by atomic mass is 9.94. The molecule has 0 saturated heterocycles. The van der Waals surface area contributed by atoms with E-state index in [0.717, 1.165) is 10.5 Å². The summed E-state index contributed by atoms with van der Waals surface area (Å²) in [5, 5.41) is 57.5. The van der Waals surface area contributed by atoms with Gasteiger partial charge >= 0.3 is 12.2 Å². The number of alkyl carbamates (subject to hydrolysis) is 1. The lowest BCUT2D eigenvalue weighted by molar-refractivity contribution is -0.0183. The van der Waals surface area contributed by atoms with Crippen LogP contribution < -0.4 is 10.6 Å². The molecule has 0 spiro atoms. The average Bonchev–Trinajstić information content (AvgIpc) is 2.88. The van der Waals surface area contributed by atoms with Gasteiger partial charge in [0, 0.05) is 13.1 Å². The van der Waals surface area contributed by atoms with E-state index in [1.54, 1.807) is 46.8 Å². The molecule has 0 saturated carbocycles. The molecule has 228 valence electrons. The third-order valence-corrected chi connectivity index (χ3v) is 6.57. The minimum absolute atomic E-state index is 0.0211. The molecule has 4 atom stereocenters. The number of aliphatic hydroxyl groups excluding tert-OH is 3. The maximum absolute atomic E-state index is 12.5. The molecule has 41 heavy (non-hydrogen) atoms. The summed E-state index contributed by atoms with van der Waals surface area (Å²) in [6, 6.07) is 13.9. The van der Waals surface area contributed by atoms with Gasteiger partial charge in [0.1, 0.15) is 11.4 Å². The molecule has 0 aliphatic carbocycles. The third-order valence-electron chi connectivity index (χ3n) is 6.57. The van der Waals surface area contributed by atoms with Crippen LogP contribution in [0, 0.1) is 0 Å². The number of carbonyl (C=O) groups is 2. The highest BCUT2D eigenvalue weighted by molar-refractivity contribution is 5.68.